The SMILES string of the molecule is Cc1ncnc(C)c1C(=O)N1CCC(C)(N2CCN(C(c3cccc(F)c3)C3CN(S(C)(=O)=O)C3)[C@@H](C)C2)CC1. The summed E-state index contributed by atoms with van der Waals surface area (Å²) in [6.07, 6.45) is 4.52. The van der Waals surface area contributed by atoms with Crippen molar-refractivity contribution >= 4 is 15.9 Å². The van der Waals surface area contributed by atoms with Gasteiger partial charge in [-0.2, -0.15) is 0 Å². The summed E-state index contributed by atoms with van der Waals surface area (Å²) >= 11 is 0. The van der Waals surface area contributed by atoms with Crippen LogP contribution in [-0.2, 0) is 10.0 Å². The van der Waals surface area contributed by atoms with Gasteiger partial charge in [0.15, 0.2) is 0 Å². The Morgan fingerprint density at radius 3 is 2.27 bits per heavy atom. The van der Waals surface area contributed by atoms with Crippen LogP contribution in [-0.4, -0.2) is 107 Å². The molecule has 0 radical (unpaired) electrons. The highest BCUT2D eigenvalue weighted by molar-refractivity contribution is 7.88. The third-order valence-corrected chi connectivity index (χ3v) is 10.6. The molecule has 218 valence electrons. The summed E-state index contributed by atoms with van der Waals surface area (Å²) in [6.45, 7) is 13.1. The summed E-state index contributed by atoms with van der Waals surface area (Å²) in [5, 5.41) is 0. The first-order chi connectivity index (χ1) is 18.9. The Hall–Kier alpha value is -2.47. The molecule has 0 spiro atoms. The standard InChI is InChI=1S/C29H41FN6O3S/c1-20-16-34(29(4)9-11-33(12-10-29)28(37)26-21(2)31-19-32-22(26)3)13-14-36(20)27(23-7-6-8-25(30)15-23)24-17-35(18-24)40(5,38)39/h6-8,15,19-20,24,27H,9-14,16-18H2,1-5H3/t20-,27?/m0/s1. The van der Waals surface area contributed by atoms with Gasteiger partial charge in [-0.05, 0) is 58.2 Å². The Kier molecular flexibility index (Phi) is 8.04. The highest BCUT2D eigenvalue weighted by Crippen LogP contribution is 2.40. The number of carbonyl (C=O) groups excluding carboxylic acids is 1. The number of piperidine rings is 1. The Balaban J connectivity index is 1.26. The van der Waals surface area contributed by atoms with E-state index in [0.717, 1.165) is 49.4 Å². The summed E-state index contributed by atoms with van der Waals surface area (Å²) in [5.41, 5.74) is 2.94. The van der Waals surface area contributed by atoms with Crippen LogP contribution in [0.15, 0.2) is 30.6 Å². The average molecular weight is 573 g/mol. The van der Waals surface area contributed by atoms with Crippen LogP contribution in [0.3, 0.4) is 0 Å². The number of hydrogen-bond donors (Lipinski definition) is 0. The van der Waals surface area contributed by atoms with E-state index in [9.17, 15) is 17.6 Å². The molecule has 1 aromatic heterocycles. The van der Waals surface area contributed by atoms with Gasteiger partial charge in [0.05, 0.1) is 23.2 Å². The zero-order valence-corrected chi connectivity index (χ0v) is 25.0. The molecule has 0 N–H and O–H groups in total. The van der Waals surface area contributed by atoms with E-state index in [1.54, 1.807) is 12.1 Å². The summed E-state index contributed by atoms with van der Waals surface area (Å²) in [6, 6.07) is 6.92. The second-order valence-corrected chi connectivity index (χ2v) is 14.1. The molecule has 4 heterocycles. The van der Waals surface area contributed by atoms with E-state index in [-0.39, 0.29) is 35.3 Å². The molecule has 3 aliphatic rings. The first-order valence-electron chi connectivity index (χ1n) is 14.2. The highest BCUT2D eigenvalue weighted by atomic mass is 32.2. The fraction of sp³-hybridized carbons (Fsp3) is 0.621. The molecule has 1 amide bonds. The van der Waals surface area contributed by atoms with E-state index in [1.165, 1.54) is 23.0 Å². The van der Waals surface area contributed by atoms with Crippen LogP contribution in [0, 0.1) is 25.6 Å². The van der Waals surface area contributed by atoms with Gasteiger partial charge in [-0.25, -0.2) is 27.1 Å². The number of piperazine rings is 1. The van der Waals surface area contributed by atoms with Crippen LogP contribution in [0.2, 0.25) is 0 Å². The fourth-order valence-electron chi connectivity index (χ4n) is 6.81. The lowest BCUT2D eigenvalue weighted by Crippen LogP contribution is -2.64. The molecule has 0 bridgehead atoms. The van der Waals surface area contributed by atoms with Crippen molar-refractivity contribution in [1.29, 1.82) is 0 Å². The number of sulfonamides is 1. The Bertz CT molecular complexity index is 1340. The summed E-state index contributed by atoms with van der Waals surface area (Å²) < 4.78 is 39.9. The molecule has 2 aromatic rings. The molecule has 0 saturated carbocycles. The normalized spacial score (nSPS) is 24.1. The van der Waals surface area contributed by atoms with Crippen LogP contribution in [0.4, 0.5) is 4.39 Å². The molecule has 3 saturated heterocycles. The van der Waals surface area contributed by atoms with Gasteiger partial charge in [-0.15, -0.1) is 0 Å². The second kappa shape index (κ2) is 11.1. The lowest BCUT2D eigenvalue weighted by Gasteiger charge is -2.55. The molecule has 40 heavy (non-hydrogen) atoms. The summed E-state index contributed by atoms with van der Waals surface area (Å²) in [5.74, 6) is -0.143. The minimum Gasteiger partial charge on any atom is -0.338 e. The molecule has 0 aliphatic carbocycles. The summed E-state index contributed by atoms with van der Waals surface area (Å²) in [4.78, 5) is 28.7. The molecule has 11 heteroatoms. The molecular weight excluding hydrogens is 531 g/mol. The average Bonchev–Trinajstić information content (AvgIpc) is 2.85. The van der Waals surface area contributed by atoms with Gasteiger partial charge < -0.3 is 4.90 Å². The van der Waals surface area contributed by atoms with Gasteiger partial charge in [-0.3, -0.25) is 14.6 Å². The third kappa shape index (κ3) is 5.66. The molecule has 5 rings (SSSR count). The lowest BCUT2D eigenvalue weighted by atomic mass is 9.84. The molecule has 2 atom stereocenters. The Morgan fingerprint density at radius 2 is 1.70 bits per heavy atom. The number of benzene rings is 1. The number of halogens is 1. The lowest BCUT2D eigenvalue weighted by molar-refractivity contribution is -0.0491. The van der Waals surface area contributed by atoms with Crippen molar-refractivity contribution in [3.8, 4) is 0 Å². The van der Waals surface area contributed by atoms with Gasteiger partial charge in [0, 0.05) is 69.4 Å². The smallest absolute Gasteiger partial charge is 0.257 e. The third-order valence-electron chi connectivity index (χ3n) is 9.35. The monoisotopic (exact) mass is 572 g/mol. The van der Waals surface area contributed by atoms with Crippen molar-refractivity contribution in [3.05, 3.63) is 58.9 Å². The largest absolute Gasteiger partial charge is 0.338 e. The predicted molar refractivity (Wildman–Crippen MR) is 152 cm³/mol. The number of aryl methyl sites for hydroxylation is 2. The van der Waals surface area contributed by atoms with E-state index in [1.807, 2.05) is 24.8 Å². The van der Waals surface area contributed by atoms with Gasteiger partial charge in [-0.1, -0.05) is 12.1 Å². The van der Waals surface area contributed by atoms with Crippen molar-refractivity contribution in [3.63, 3.8) is 0 Å². The van der Waals surface area contributed by atoms with Crippen molar-refractivity contribution in [2.75, 3.05) is 52.1 Å². The Labute approximate surface area is 237 Å². The summed E-state index contributed by atoms with van der Waals surface area (Å²) in [7, 11) is -3.23. The number of hydrogen-bond acceptors (Lipinski definition) is 7. The van der Waals surface area contributed by atoms with Crippen LogP contribution in [0.1, 0.15) is 60.0 Å². The molecule has 9 nitrogen and oxygen atoms in total. The highest BCUT2D eigenvalue weighted by Gasteiger charge is 2.46. The maximum atomic E-state index is 14.3. The minimum atomic E-state index is -3.23. The van der Waals surface area contributed by atoms with Crippen molar-refractivity contribution in [2.24, 2.45) is 5.92 Å². The van der Waals surface area contributed by atoms with Crippen molar-refractivity contribution in [1.82, 2.24) is 29.0 Å². The van der Waals surface area contributed by atoms with E-state index in [2.05, 4.69) is 33.6 Å². The van der Waals surface area contributed by atoms with Crippen LogP contribution < -0.4 is 0 Å². The Morgan fingerprint density at radius 1 is 1.05 bits per heavy atom. The van der Waals surface area contributed by atoms with E-state index in [0.29, 0.717) is 31.7 Å². The first kappa shape index (κ1) is 29.0. The number of amides is 1. The van der Waals surface area contributed by atoms with Gasteiger partial charge in [0.1, 0.15) is 12.1 Å². The topological polar surface area (TPSA) is 90.0 Å². The van der Waals surface area contributed by atoms with Gasteiger partial charge >= 0.3 is 0 Å². The van der Waals surface area contributed by atoms with E-state index in [4.69, 9.17) is 0 Å². The molecule has 1 unspecified atom stereocenters. The maximum absolute atomic E-state index is 14.3. The second-order valence-electron chi connectivity index (χ2n) is 12.1. The zero-order chi connectivity index (χ0) is 28.8. The first-order valence-corrected chi connectivity index (χ1v) is 16.0. The number of rotatable bonds is 6. The number of likely N-dealkylation sites (tertiary alicyclic amines) is 1. The van der Waals surface area contributed by atoms with E-state index < -0.39 is 10.0 Å². The number of nitrogens with zero attached hydrogens (tertiary/aromatic N) is 6. The number of carbonyl (C=O) groups is 1. The molecule has 1 aromatic carbocycles. The fourth-order valence-corrected chi connectivity index (χ4v) is 7.73. The van der Waals surface area contributed by atoms with Gasteiger partial charge in [0.2, 0.25) is 10.0 Å². The molecule has 3 fully saturated rings. The number of aromatic nitrogens is 2. The van der Waals surface area contributed by atoms with Crippen LogP contribution >= 0.6 is 0 Å². The predicted octanol–water partition coefficient (Wildman–Crippen LogP) is 2.87. The van der Waals surface area contributed by atoms with E-state index >= 15 is 0 Å². The molecule has 3 aliphatic heterocycles. The van der Waals surface area contributed by atoms with Gasteiger partial charge in [0.25, 0.3) is 5.91 Å². The quantitative estimate of drug-likeness (QED) is 0.526. The van der Waals surface area contributed by atoms with Crippen molar-refractivity contribution < 1.29 is 17.6 Å². The van der Waals surface area contributed by atoms with Crippen molar-refractivity contribution in [2.45, 2.75) is 58.2 Å². The molecular formula is C29H41FN6O3S. The maximum Gasteiger partial charge on any atom is 0.257 e. The minimum absolute atomic E-state index is 0.0115. The zero-order valence-electron chi connectivity index (χ0n) is 24.2. The van der Waals surface area contributed by atoms with Crippen LogP contribution in [0.25, 0.3) is 0 Å². The van der Waals surface area contributed by atoms with Crippen LogP contribution in [0.5, 0.6) is 0 Å².